The van der Waals surface area contributed by atoms with Crippen molar-refractivity contribution in [1.29, 1.82) is 0 Å². The van der Waals surface area contributed by atoms with Crippen LogP contribution in [0.15, 0.2) is 18.2 Å². The molecule has 8 rings (SSSR count). The molecule has 12 nitrogen and oxygen atoms in total. The highest BCUT2D eigenvalue weighted by atomic mass is 127. The molecule has 1 spiro atoms. The zero-order chi connectivity index (χ0) is 35.7. The predicted octanol–water partition coefficient (Wildman–Crippen LogP) is 2.64. The van der Waals surface area contributed by atoms with E-state index in [9.17, 15) is 24.6 Å². The number of benzene rings is 1. The maximum absolute atomic E-state index is 14.2. The van der Waals surface area contributed by atoms with Crippen molar-refractivity contribution in [1.82, 2.24) is 4.90 Å². The second-order valence-corrected chi connectivity index (χ2v) is 17.3. The average molecular weight is 809 g/mol. The smallest absolute Gasteiger partial charge is 0.340 e. The lowest BCUT2D eigenvalue weighted by Crippen LogP contribution is -2.82. The number of hydrogen-bond donors (Lipinski definition) is 2. The number of halogens is 1. The Hall–Kier alpha value is -1.72. The lowest BCUT2D eigenvalue weighted by Gasteiger charge is -2.70. The number of hydrogen-bond acceptors (Lipinski definition) is 11. The number of carbonyl (C=O) groups is 3. The van der Waals surface area contributed by atoms with Crippen LogP contribution < -0.4 is 4.90 Å². The van der Waals surface area contributed by atoms with Crippen molar-refractivity contribution in [2.24, 2.45) is 40.4 Å². The Bertz CT molecular complexity index is 1610. The monoisotopic (exact) mass is 808 g/mol. The first-order chi connectivity index (χ1) is 23.8. The number of likely N-dealkylation sites (tertiary alicyclic amines) is 1. The number of anilines is 1. The Morgan fingerprint density at radius 2 is 1.84 bits per heavy atom. The number of nitrogens with zero attached hydrogens (tertiary/aromatic N) is 2. The predicted molar refractivity (Wildman–Crippen MR) is 187 cm³/mol. The van der Waals surface area contributed by atoms with Gasteiger partial charge >= 0.3 is 5.97 Å². The number of amides is 2. The third-order valence-corrected chi connectivity index (χ3v) is 15.3. The number of ether oxygens (including phenoxy) is 5. The summed E-state index contributed by atoms with van der Waals surface area (Å²) in [6.45, 7) is 4.95. The third-order valence-electron chi connectivity index (χ3n) is 14.6. The maximum Gasteiger partial charge on any atom is 0.340 e. The minimum absolute atomic E-state index is 0.0324. The molecule has 50 heavy (non-hydrogen) atoms. The van der Waals surface area contributed by atoms with E-state index in [1.54, 1.807) is 53.6 Å². The second kappa shape index (κ2) is 11.9. The first kappa shape index (κ1) is 35.3. The molecule has 5 aliphatic carbocycles. The van der Waals surface area contributed by atoms with E-state index in [0.29, 0.717) is 25.9 Å². The van der Waals surface area contributed by atoms with Gasteiger partial charge in [0.25, 0.3) is 0 Å². The van der Waals surface area contributed by atoms with Gasteiger partial charge in [-0.15, -0.1) is 0 Å². The van der Waals surface area contributed by atoms with E-state index < -0.39 is 46.1 Å². The average Bonchev–Trinajstić information content (AvgIpc) is 3.63. The van der Waals surface area contributed by atoms with Crippen LogP contribution in [0.25, 0.3) is 0 Å². The number of fused-ring (bicyclic) bond motifs is 2. The van der Waals surface area contributed by atoms with Crippen LogP contribution in [0.4, 0.5) is 5.69 Å². The lowest BCUT2D eigenvalue weighted by atomic mass is 9.42. The Kier molecular flexibility index (Phi) is 8.40. The number of imide groups is 1. The molecule has 5 saturated carbocycles. The summed E-state index contributed by atoms with van der Waals surface area (Å²) >= 11 is 2.11. The Balaban J connectivity index is 1.24. The molecule has 7 aliphatic rings. The number of piperidine rings is 1. The van der Waals surface area contributed by atoms with Crippen molar-refractivity contribution in [3.8, 4) is 0 Å². The van der Waals surface area contributed by atoms with Gasteiger partial charge < -0.3 is 33.9 Å². The number of esters is 1. The number of carbonyl (C=O) groups excluding carboxylic acids is 3. The van der Waals surface area contributed by atoms with Crippen molar-refractivity contribution in [3.63, 3.8) is 0 Å². The van der Waals surface area contributed by atoms with Crippen LogP contribution in [-0.2, 0) is 33.3 Å². The van der Waals surface area contributed by atoms with Crippen LogP contribution in [0, 0.1) is 44.0 Å². The van der Waals surface area contributed by atoms with Gasteiger partial charge in [-0.3, -0.25) is 14.5 Å². The Labute approximate surface area is 306 Å². The topological polar surface area (TPSA) is 144 Å². The fourth-order valence-corrected chi connectivity index (χ4v) is 13.7. The highest BCUT2D eigenvalue weighted by molar-refractivity contribution is 14.1. The van der Waals surface area contributed by atoms with Gasteiger partial charge in [0.15, 0.2) is 0 Å². The second-order valence-electron chi connectivity index (χ2n) is 16.1. The fourth-order valence-electron chi connectivity index (χ4n) is 13.2. The van der Waals surface area contributed by atoms with Gasteiger partial charge in [-0.05, 0) is 72.5 Å². The zero-order valence-corrected chi connectivity index (χ0v) is 31.8. The molecule has 2 heterocycles. The largest absolute Gasteiger partial charge is 0.461 e. The zero-order valence-electron chi connectivity index (χ0n) is 29.6. The normalized spacial score (nSPS) is 47.3. The van der Waals surface area contributed by atoms with Gasteiger partial charge in [0.1, 0.15) is 11.2 Å². The van der Waals surface area contributed by atoms with Crippen molar-refractivity contribution >= 4 is 46.1 Å². The van der Waals surface area contributed by atoms with E-state index in [1.807, 2.05) is 0 Å². The minimum Gasteiger partial charge on any atom is -0.461 e. The van der Waals surface area contributed by atoms with E-state index >= 15 is 0 Å². The molecule has 1 aromatic carbocycles. The van der Waals surface area contributed by atoms with Crippen LogP contribution in [0.5, 0.6) is 0 Å². The summed E-state index contributed by atoms with van der Waals surface area (Å²) in [5, 5.41) is 26.6. The van der Waals surface area contributed by atoms with Gasteiger partial charge in [0.2, 0.25) is 11.8 Å². The molecule has 274 valence electrons. The van der Waals surface area contributed by atoms with Gasteiger partial charge in [-0.2, -0.15) is 0 Å². The Morgan fingerprint density at radius 3 is 2.46 bits per heavy atom. The van der Waals surface area contributed by atoms with Crippen molar-refractivity contribution in [2.75, 3.05) is 53.0 Å². The van der Waals surface area contributed by atoms with Gasteiger partial charge in [0, 0.05) is 85.9 Å². The van der Waals surface area contributed by atoms with E-state index in [2.05, 4.69) is 34.4 Å². The number of likely N-dealkylation sites (N-methyl/N-ethyl adjacent to an activating group) is 1. The summed E-state index contributed by atoms with van der Waals surface area (Å²) in [5.74, 6) is -2.49. The van der Waals surface area contributed by atoms with Gasteiger partial charge in [-0.25, -0.2) is 9.69 Å². The van der Waals surface area contributed by atoms with Crippen LogP contribution in [0.1, 0.15) is 56.3 Å². The lowest BCUT2D eigenvalue weighted by molar-refractivity contribution is -0.320. The van der Waals surface area contributed by atoms with Gasteiger partial charge in [0.05, 0.1) is 48.3 Å². The maximum atomic E-state index is 14.2. The standard InChI is InChI=1S/C37H49IN2O10/c1-7-39-16-34(17-50-32(43)20-13-19(38)8-9-23(20)40-26(41)12-18(2)31(40)42)11-10-25(47-4)36-22-14-21-24(46-3)15-35(44,27(22)28(21)48-5)37(45,33(36)39)30(49-6)29(34)36/h8-9,13,18,21-22,24-25,27-30,33,44-45H,7,10-12,14-17H2,1-6H3/t18-,21+,22+,24-,25-,27+,28-,29?,30?,33-,34-,35+,36-,37-/m0/s1. The molecule has 0 aromatic heterocycles. The number of aliphatic hydroxyl groups is 2. The molecule has 7 bridgehead atoms. The van der Waals surface area contributed by atoms with E-state index in [-0.39, 0.29) is 84.5 Å². The van der Waals surface area contributed by atoms with E-state index in [1.165, 1.54) is 0 Å². The summed E-state index contributed by atoms with van der Waals surface area (Å²) in [6, 6.07) is 4.59. The fraction of sp³-hybridized carbons (Fsp3) is 0.757. The molecular formula is C37H49IN2O10. The van der Waals surface area contributed by atoms with Crippen LogP contribution in [-0.4, -0.2) is 123 Å². The van der Waals surface area contributed by atoms with E-state index in [0.717, 1.165) is 14.9 Å². The summed E-state index contributed by atoms with van der Waals surface area (Å²) < 4.78 is 32.2. The highest BCUT2D eigenvalue weighted by Crippen LogP contribution is 2.80. The van der Waals surface area contributed by atoms with Crippen LogP contribution in [0.2, 0.25) is 0 Å². The van der Waals surface area contributed by atoms with E-state index in [4.69, 9.17) is 23.7 Å². The Morgan fingerprint density at radius 1 is 1.08 bits per heavy atom. The summed E-state index contributed by atoms with van der Waals surface area (Å²) in [5.41, 5.74) is -4.18. The molecule has 1 aromatic rings. The van der Waals surface area contributed by atoms with Crippen LogP contribution in [0.3, 0.4) is 0 Å². The SMILES string of the molecule is CCN1C[C@]2(COC(=O)c3cc(I)ccc3N3C(=O)C[C@H](C)C3=O)CC[C@H](OC)[C@@]34C2C(OC)[C@](O)([C@@H]13)[C@@]1(O)C[C@H](OC)[C@H]2C[C@@H]4[C@@H]1[C@H]2OC. The van der Waals surface area contributed by atoms with Crippen LogP contribution >= 0.6 is 22.6 Å². The number of methoxy groups -OCH3 is 4. The molecule has 13 heteroatoms. The molecule has 2 aliphatic heterocycles. The molecule has 2 saturated heterocycles. The van der Waals surface area contributed by atoms with Crippen molar-refractivity contribution in [2.45, 2.75) is 87.6 Å². The molecule has 2 unspecified atom stereocenters. The van der Waals surface area contributed by atoms with Gasteiger partial charge in [-0.1, -0.05) is 13.8 Å². The quantitative estimate of drug-likeness (QED) is 0.216. The first-order valence-electron chi connectivity index (χ1n) is 18.0. The third kappa shape index (κ3) is 4.09. The number of rotatable bonds is 9. The van der Waals surface area contributed by atoms with Crippen molar-refractivity contribution < 1.29 is 48.3 Å². The summed E-state index contributed by atoms with van der Waals surface area (Å²) in [7, 11) is 6.71. The van der Waals surface area contributed by atoms with Crippen molar-refractivity contribution in [3.05, 3.63) is 27.3 Å². The highest BCUT2D eigenvalue weighted by Gasteiger charge is 2.91. The summed E-state index contributed by atoms with van der Waals surface area (Å²) in [6.07, 6.45) is 0.792. The molecule has 14 atom stereocenters. The molecule has 2 N–H and O–H groups in total. The molecule has 2 amide bonds. The first-order valence-corrected chi connectivity index (χ1v) is 19.1. The molecule has 0 radical (unpaired) electrons. The minimum atomic E-state index is -1.70. The molecule has 7 fully saturated rings. The molecular weight excluding hydrogens is 759 g/mol. The summed E-state index contributed by atoms with van der Waals surface area (Å²) in [4.78, 5) is 43.6.